The molecule has 1 atom stereocenters. The van der Waals surface area contributed by atoms with Crippen molar-refractivity contribution >= 4 is 33.2 Å². The number of imidazole rings is 1. The van der Waals surface area contributed by atoms with E-state index in [1.165, 1.54) is 42.5 Å². The van der Waals surface area contributed by atoms with E-state index >= 15 is 0 Å². The maximum absolute atomic E-state index is 13.2. The Morgan fingerprint density at radius 1 is 1.13 bits per heavy atom. The molecule has 0 aliphatic carbocycles. The van der Waals surface area contributed by atoms with E-state index in [0.29, 0.717) is 36.1 Å². The predicted molar refractivity (Wildman–Crippen MR) is 119 cm³/mol. The first kappa shape index (κ1) is 23.5. The standard InChI is InChI=1S/C21H22Cl2FN3O3S/c1-4-19-20(13(3)26-31(28,29)16-10-11-17(22)18(23)12-16)27(5-2)21(25-19)30-15-8-6-14(24)7-9-15/h6-13,26H,4-5H2,1-3H3. The van der Waals surface area contributed by atoms with Gasteiger partial charge in [0.25, 0.3) is 0 Å². The van der Waals surface area contributed by atoms with Crippen molar-refractivity contribution in [2.45, 2.75) is 44.7 Å². The number of ether oxygens (including phenoxy) is 1. The lowest BCUT2D eigenvalue weighted by Crippen LogP contribution is -2.29. The average Bonchev–Trinajstić information content (AvgIpc) is 3.08. The number of rotatable bonds is 8. The highest BCUT2D eigenvalue weighted by Crippen LogP contribution is 2.30. The molecule has 0 amide bonds. The van der Waals surface area contributed by atoms with Gasteiger partial charge in [-0.05, 0) is 62.7 Å². The molecule has 3 rings (SSSR count). The molecule has 1 N–H and O–H groups in total. The van der Waals surface area contributed by atoms with Crippen LogP contribution < -0.4 is 9.46 Å². The third kappa shape index (κ3) is 5.20. The molecule has 10 heteroatoms. The van der Waals surface area contributed by atoms with Crippen molar-refractivity contribution in [2.75, 3.05) is 0 Å². The Morgan fingerprint density at radius 3 is 2.39 bits per heavy atom. The zero-order valence-corrected chi connectivity index (χ0v) is 19.5. The molecular formula is C21H22Cl2FN3O3S. The Balaban J connectivity index is 1.94. The molecule has 0 bridgehead atoms. The highest BCUT2D eigenvalue weighted by molar-refractivity contribution is 7.89. The maximum atomic E-state index is 13.2. The molecule has 166 valence electrons. The molecule has 0 spiro atoms. The minimum atomic E-state index is -3.87. The Hall–Kier alpha value is -2.13. The number of benzene rings is 2. The predicted octanol–water partition coefficient (Wildman–Crippen LogP) is 5.74. The van der Waals surface area contributed by atoms with Crippen LogP contribution in [-0.2, 0) is 23.0 Å². The van der Waals surface area contributed by atoms with Crippen LogP contribution in [-0.4, -0.2) is 18.0 Å². The third-order valence-electron chi connectivity index (χ3n) is 4.67. The number of hydrogen-bond donors (Lipinski definition) is 1. The van der Waals surface area contributed by atoms with Crippen molar-refractivity contribution in [2.24, 2.45) is 0 Å². The van der Waals surface area contributed by atoms with Gasteiger partial charge in [0.1, 0.15) is 11.6 Å². The highest BCUT2D eigenvalue weighted by Gasteiger charge is 2.26. The van der Waals surface area contributed by atoms with Crippen molar-refractivity contribution in [1.29, 1.82) is 0 Å². The summed E-state index contributed by atoms with van der Waals surface area (Å²) >= 11 is 11.9. The summed E-state index contributed by atoms with van der Waals surface area (Å²) in [5, 5.41) is 0.425. The van der Waals surface area contributed by atoms with Gasteiger partial charge >= 0.3 is 6.01 Å². The molecule has 3 aromatic rings. The van der Waals surface area contributed by atoms with E-state index in [0.717, 1.165) is 0 Å². The third-order valence-corrected chi connectivity index (χ3v) is 6.94. The van der Waals surface area contributed by atoms with E-state index in [1.807, 2.05) is 13.8 Å². The monoisotopic (exact) mass is 485 g/mol. The molecular weight excluding hydrogens is 464 g/mol. The van der Waals surface area contributed by atoms with Crippen LogP contribution in [0.15, 0.2) is 47.4 Å². The van der Waals surface area contributed by atoms with Crippen LogP contribution in [0.3, 0.4) is 0 Å². The summed E-state index contributed by atoms with van der Waals surface area (Å²) in [6.45, 7) is 6.06. The molecule has 0 saturated heterocycles. The van der Waals surface area contributed by atoms with Gasteiger partial charge in [-0.25, -0.2) is 17.5 Å². The normalized spacial score (nSPS) is 12.7. The molecule has 1 unspecified atom stereocenters. The first-order chi connectivity index (χ1) is 14.7. The zero-order chi connectivity index (χ0) is 22.8. The van der Waals surface area contributed by atoms with Crippen LogP contribution >= 0.6 is 23.2 Å². The van der Waals surface area contributed by atoms with Crippen LogP contribution in [0.2, 0.25) is 10.0 Å². The van der Waals surface area contributed by atoms with Crippen LogP contribution in [0.25, 0.3) is 0 Å². The summed E-state index contributed by atoms with van der Waals surface area (Å²) in [5.41, 5.74) is 1.38. The zero-order valence-electron chi connectivity index (χ0n) is 17.2. The van der Waals surface area contributed by atoms with E-state index in [1.54, 1.807) is 11.5 Å². The number of sulfonamides is 1. The molecule has 1 heterocycles. The van der Waals surface area contributed by atoms with Crippen molar-refractivity contribution in [3.8, 4) is 11.8 Å². The minimum absolute atomic E-state index is 0.0112. The van der Waals surface area contributed by atoms with Crippen molar-refractivity contribution in [3.63, 3.8) is 0 Å². The fraction of sp³-hybridized carbons (Fsp3) is 0.286. The highest BCUT2D eigenvalue weighted by atomic mass is 35.5. The average molecular weight is 486 g/mol. The van der Waals surface area contributed by atoms with Crippen LogP contribution in [0.5, 0.6) is 11.8 Å². The summed E-state index contributed by atoms with van der Waals surface area (Å²) in [6.07, 6.45) is 0.570. The van der Waals surface area contributed by atoms with Gasteiger partial charge < -0.3 is 4.74 Å². The number of halogens is 3. The number of nitrogens with one attached hydrogen (secondary N) is 1. The van der Waals surface area contributed by atoms with Crippen LogP contribution in [0.4, 0.5) is 4.39 Å². The maximum Gasteiger partial charge on any atom is 0.302 e. The Labute approximate surface area is 191 Å². The van der Waals surface area contributed by atoms with Gasteiger partial charge in [0.2, 0.25) is 10.0 Å². The number of aryl methyl sites for hydroxylation is 1. The van der Waals surface area contributed by atoms with Gasteiger partial charge in [-0.2, -0.15) is 4.98 Å². The number of aromatic nitrogens is 2. The SMILES string of the molecule is CCc1nc(Oc2ccc(F)cc2)n(CC)c1C(C)NS(=O)(=O)c1ccc(Cl)c(Cl)c1. The van der Waals surface area contributed by atoms with Crippen molar-refractivity contribution < 1.29 is 17.5 Å². The van der Waals surface area contributed by atoms with Crippen LogP contribution in [0.1, 0.15) is 38.2 Å². The summed E-state index contributed by atoms with van der Waals surface area (Å²) in [7, 11) is -3.87. The van der Waals surface area contributed by atoms with Crippen LogP contribution in [0, 0.1) is 5.82 Å². The van der Waals surface area contributed by atoms with E-state index in [2.05, 4.69) is 9.71 Å². The summed E-state index contributed by atoms with van der Waals surface area (Å²) in [6, 6.07) is 9.44. The topological polar surface area (TPSA) is 73.2 Å². The van der Waals surface area contributed by atoms with E-state index < -0.39 is 16.1 Å². The van der Waals surface area contributed by atoms with Gasteiger partial charge in [0.15, 0.2) is 0 Å². The quantitative estimate of drug-likeness (QED) is 0.441. The van der Waals surface area contributed by atoms with Gasteiger partial charge in [0, 0.05) is 6.54 Å². The Kier molecular flexibility index (Phi) is 7.26. The van der Waals surface area contributed by atoms with Crippen molar-refractivity contribution in [1.82, 2.24) is 14.3 Å². The molecule has 0 fully saturated rings. The van der Waals surface area contributed by atoms with Crippen molar-refractivity contribution in [3.05, 3.63) is 69.7 Å². The van der Waals surface area contributed by atoms with Gasteiger partial charge in [-0.3, -0.25) is 4.57 Å². The lowest BCUT2D eigenvalue weighted by Gasteiger charge is -2.18. The molecule has 2 aromatic carbocycles. The minimum Gasteiger partial charge on any atom is -0.426 e. The lowest BCUT2D eigenvalue weighted by atomic mass is 10.1. The van der Waals surface area contributed by atoms with E-state index in [9.17, 15) is 12.8 Å². The van der Waals surface area contributed by atoms with Gasteiger partial charge in [0.05, 0.1) is 32.4 Å². The fourth-order valence-corrected chi connectivity index (χ4v) is 4.82. The Morgan fingerprint density at radius 2 is 1.81 bits per heavy atom. The molecule has 0 saturated carbocycles. The molecule has 0 aliphatic heterocycles. The summed E-state index contributed by atoms with van der Waals surface area (Å²) in [4.78, 5) is 4.55. The first-order valence-corrected chi connectivity index (χ1v) is 11.9. The summed E-state index contributed by atoms with van der Waals surface area (Å²) < 4.78 is 49.3. The van der Waals surface area contributed by atoms with E-state index in [4.69, 9.17) is 27.9 Å². The molecule has 0 aliphatic rings. The van der Waals surface area contributed by atoms with Gasteiger partial charge in [-0.15, -0.1) is 0 Å². The van der Waals surface area contributed by atoms with Gasteiger partial charge in [-0.1, -0.05) is 30.1 Å². The number of hydrogen-bond acceptors (Lipinski definition) is 4. The fourth-order valence-electron chi connectivity index (χ4n) is 3.23. The number of nitrogens with zero attached hydrogens (tertiary/aromatic N) is 2. The first-order valence-electron chi connectivity index (χ1n) is 9.66. The largest absolute Gasteiger partial charge is 0.426 e. The smallest absolute Gasteiger partial charge is 0.302 e. The second kappa shape index (κ2) is 9.56. The summed E-state index contributed by atoms with van der Waals surface area (Å²) in [5.74, 6) is 0.0609. The molecule has 0 radical (unpaired) electrons. The lowest BCUT2D eigenvalue weighted by molar-refractivity contribution is 0.407. The Bertz CT molecular complexity index is 1180. The van der Waals surface area contributed by atoms with E-state index in [-0.39, 0.29) is 20.8 Å². The second-order valence-corrected chi connectivity index (χ2v) is 9.33. The second-order valence-electron chi connectivity index (χ2n) is 6.80. The molecule has 31 heavy (non-hydrogen) atoms. The molecule has 6 nitrogen and oxygen atoms in total. The molecule has 1 aromatic heterocycles.